The fraction of sp³-hybridized carbons (Fsp3) is 1.00. The Morgan fingerprint density at radius 3 is 0.667 bits per heavy atom. The fourth-order valence-corrected chi connectivity index (χ4v) is 3.04. The third-order valence-corrected chi connectivity index (χ3v) is 4.59. The monoisotopic (exact) mass is 348 g/mol. The summed E-state index contributed by atoms with van der Waals surface area (Å²) in [5, 5.41) is 37.0. The van der Waals surface area contributed by atoms with Gasteiger partial charge in [0, 0.05) is 78.5 Å². The SMILES string of the molecule is OCCN1CCN(CCO)CCN(CCO)CCN(CCO)CC1. The molecule has 0 aromatic heterocycles. The first-order valence-electron chi connectivity index (χ1n) is 9.06. The molecule has 0 bridgehead atoms. The molecule has 1 heterocycles. The molecule has 24 heavy (non-hydrogen) atoms. The van der Waals surface area contributed by atoms with E-state index in [1.165, 1.54) is 0 Å². The average molecular weight is 348 g/mol. The summed E-state index contributed by atoms with van der Waals surface area (Å²) in [5.41, 5.74) is 0. The molecule has 1 aliphatic heterocycles. The fourth-order valence-electron chi connectivity index (χ4n) is 3.04. The zero-order chi connectivity index (χ0) is 17.6. The van der Waals surface area contributed by atoms with Crippen molar-refractivity contribution in [3.05, 3.63) is 0 Å². The maximum Gasteiger partial charge on any atom is 0.0558 e. The first-order chi connectivity index (χ1) is 11.7. The third kappa shape index (κ3) is 9.24. The van der Waals surface area contributed by atoms with E-state index in [-0.39, 0.29) is 26.4 Å². The van der Waals surface area contributed by atoms with Crippen molar-refractivity contribution in [1.82, 2.24) is 19.6 Å². The topological polar surface area (TPSA) is 93.9 Å². The van der Waals surface area contributed by atoms with Crippen molar-refractivity contribution in [3.8, 4) is 0 Å². The maximum absolute atomic E-state index is 9.26. The van der Waals surface area contributed by atoms with Crippen LogP contribution in [0, 0.1) is 0 Å². The summed E-state index contributed by atoms with van der Waals surface area (Å²) in [6, 6.07) is 0. The number of β-amino-alcohol motifs (C(OH)–C–C–N with tert-alkyl or cyclic N) is 4. The molecular weight excluding hydrogens is 312 g/mol. The van der Waals surface area contributed by atoms with Crippen molar-refractivity contribution in [3.63, 3.8) is 0 Å². The zero-order valence-corrected chi connectivity index (χ0v) is 14.9. The minimum absolute atomic E-state index is 0.143. The molecule has 1 fully saturated rings. The molecule has 0 saturated carbocycles. The van der Waals surface area contributed by atoms with E-state index in [9.17, 15) is 20.4 Å². The van der Waals surface area contributed by atoms with Crippen molar-refractivity contribution in [2.75, 3.05) is 105 Å². The highest BCUT2D eigenvalue weighted by atomic mass is 16.3. The van der Waals surface area contributed by atoms with Crippen LogP contribution in [-0.4, -0.2) is 145 Å². The summed E-state index contributed by atoms with van der Waals surface area (Å²) < 4.78 is 0. The predicted molar refractivity (Wildman–Crippen MR) is 94.1 cm³/mol. The van der Waals surface area contributed by atoms with E-state index in [1.54, 1.807) is 0 Å². The Balaban J connectivity index is 2.68. The second-order valence-electron chi connectivity index (χ2n) is 6.26. The minimum Gasteiger partial charge on any atom is -0.395 e. The molecule has 0 radical (unpaired) electrons. The number of aliphatic hydroxyl groups is 4. The predicted octanol–water partition coefficient (Wildman–Crippen LogP) is -2.82. The molecule has 8 heteroatoms. The van der Waals surface area contributed by atoms with Gasteiger partial charge in [0.05, 0.1) is 26.4 Å². The minimum atomic E-state index is 0.143. The average Bonchev–Trinajstić information content (AvgIpc) is 2.57. The maximum atomic E-state index is 9.26. The van der Waals surface area contributed by atoms with Gasteiger partial charge in [0.15, 0.2) is 0 Å². The number of nitrogens with zero attached hydrogens (tertiary/aromatic N) is 4. The van der Waals surface area contributed by atoms with Crippen molar-refractivity contribution >= 4 is 0 Å². The van der Waals surface area contributed by atoms with E-state index >= 15 is 0 Å². The van der Waals surface area contributed by atoms with Crippen LogP contribution in [0.3, 0.4) is 0 Å². The quantitative estimate of drug-likeness (QED) is 0.373. The molecule has 0 unspecified atom stereocenters. The first-order valence-corrected chi connectivity index (χ1v) is 9.06. The Hall–Kier alpha value is -0.320. The number of aliphatic hydroxyl groups excluding tert-OH is 4. The highest BCUT2D eigenvalue weighted by Crippen LogP contribution is 2.00. The summed E-state index contributed by atoms with van der Waals surface area (Å²) >= 11 is 0. The molecule has 0 aromatic carbocycles. The number of hydrogen-bond acceptors (Lipinski definition) is 8. The molecule has 0 aliphatic carbocycles. The lowest BCUT2D eigenvalue weighted by Gasteiger charge is -2.33. The number of hydrogen-bond donors (Lipinski definition) is 4. The van der Waals surface area contributed by atoms with Gasteiger partial charge in [0.25, 0.3) is 0 Å². The molecule has 8 nitrogen and oxygen atoms in total. The Morgan fingerprint density at radius 1 is 0.375 bits per heavy atom. The molecule has 4 N–H and O–H groups in total. The smallest absolute Gasteiger partial charge is 0.0558 e. The van der Waals surface area contributed by atoms with Crippen LogP contribution >= 0.6 is 0 Å². The Bertz CT molecular complexity index is 227. The molecular formula is C16H36N4O4. The summed E-state index contributed by atoms with van der Waals surface area (Å²) in [7, 11) is 0. The number of rotatable bonds is 8. The van der Waals surface area contributed by atoms with E-state index in [0.29, 0.717) is 26.2 Å². The second-order valence-corrected chi connectivity index (χ2v) is 6.26. The van der Waals surface area contributed by atoms with Crippen molar-refractivity contribution < 1.29 is 20.4 Å². The van der Waals surface area contributed by atoms with Crippen LogP contribution in [0.25, 0.3) is 0 Å². The first kappa shape index (κ1) is 21.7. The lowest BCUT2D eigenvalue weighted by molar-refractivity contribution is 0.0984. The van der Waals surface area contributed by atoms with Gasteiger partial charge in [-0.05, 0) is 0 Å². The van der Waals surface area contributed by atoms with Gasteiger partial charge >= 0.3 is 0 Å². The van der Waals surface area contributed by atoms with Gasteiger partial charge in [-0.1, -0.05) is 0 Å². The molecule has 1 rings (SSSR count). The summed E-state index contributed by atoms with van der Waals surface area (Å²) in [6.45, 7) is 10.0. The van der Waals surface area contributed by atoms with Crippen molar-refractivity contribution in [2.45, 2.75) is 0 Å². The van der Waals surface area contributed by atoms with Gasteiger partial charge in [0.2, 0.25) is 0 Å². The van der Waals surface area contributed by atoms with Crippen LogP contribution in [0.5, 0.6) is 0 Å². The van der Waals surface area contributed by atoms with E-state index < -0.39 is 0 Å². The van der Waals surface area contributed by atoms with Crippen LogP contribution in [0.1, 0.15) is 0 Å². The molecule has 0 atom stereocenters. The summed E-state index contributed by atoms with van der Waals surface area (Å²) in [5.74, 6) is 0. The van der Waals surface area contributed by atoms with Crippen LogP contribution in [0.15, 0.2) is 0 Å². The van der Waals surface area contributed by atoms with E-state index in [4.69, 9.17) is 0 Å². The second kappa shape index (κ2) is 13.9. The highest BCUT2D eigenvalue weighted by molar-refractivity contribution is 4.71. The van der Waals surface area contributed by atoms with E-state index in [0.717, 1.165) is 52.4 Å². The van der Waals surface area contributed by atoms with Crippen molar-refractivity contribution in [2.24, 2.45) is 0 Å². The van der Waals surface area contributed by atoms with Crippen LogP contribution in [0.4, 0.5) is 0 Å². The lowest BCUT2D eigenvalue weighted by atomic mass is 10.3. The van der Waals surface area contributed by atoms with Gasteiger partial charge in [-0.25, -0.2) is 0 Å². The van der Waals surface area contributed by atoms with Crippen LogP contribution in [-0.2, 0) is 0 Å². The van der Waals surface area contributed by atoms with E-state index in [1.807, 2.05) is 0 Å². The zero-order valence-electron chi connectivity index (χ0n) is 14.9. The van der Waals surface area contributed by atoms with Gasteiger partial charge in [0.1, 0.15) is 0 Å². The molecule has 144 valence electrons. The molecule has 0 aromatic rings. The largest absolute Gasteiger partial charge is 0.395 e. The van der Waals surface area contributed by atoms with Crippen molar-refractivity contribution in [1.29, 1.82) is 0 Å². The summed E-state index contributed by atoms with van der Waals surface area (Å²) in [6.07, 6.45) is 0. The van der Waals surface area contributed by atoms with Crippen LogP contribution < -0.4 is 0 Å². The van der Waals surface area contributed by atoms with Gasteiger partial charge in [-0.2, -0.15) is 0 Å². The summed E-state index contributed by atoms with van der Waals surface area (Å²) in [4.78, 5) is 8.95. The molecule has 1 aliphatic rings. The van der Waals surface area contributed by atoms with Crippen LogP contribution in [0.2, 0.25) is 0 Å². The molecule has 0 spiro atoms. The molecule has 1 saturated heterocycles. The normalized spacial score (nSPS) is 21.5. The van der Waals surface area contributed by atoms with Gasteiger partial charge in [-0.3, -0.25) is 19.6 Å². The lowest BCUT2D eigenvalue weighted by Crippen LogP contribution is -2.47. The molecule has 0 amide bonds. The van der Waals surface area contributed by atoms with E-state index in [2.05, 4.69) is 19.6 Å². The Labute approximate surface area is 145 Å². The Kier molecular flexibility index (Phi) is 12.6. The Morgan fingerprint density at radius 2 is 0.542 bits per heavy atom. The van der Waals surface area contributed by atoms with Gasteiger partial charge < -0.3 is 20.4 Å². The standard InChI is InChI=1S/C16H36N4O4/c21-13-9-17-1-2-18(10-14-22)5-6-20(12-16-24)8-7-19(4-3-17)11-15-23/h21-24H,1-16H2. The third-order valence-electron chi connectivity index (χ3n) is 4.59. The highest BCUT2D eigenvalue weighted by Gasteiger charge is 2.15. The van der Waals surface area contributed by atoms with Gasteiger partial charge in [-0.15, -0.1) is 0 Å².